The van der Waals surface area contributed by atoms with Crippen LogP contribution in [0.4, 0.5) is 0 Å². The van der Waals surface area contributed by atoms with E-state index in [9.17, 15) is 19.2 Å². The number of carbonyl (C=O) groups excluding carboxylic acids is 4. The number of rotatable bonds is 15. The lowest BCUT2D eigenvalue weighted by atomic mass is 10.2. The fourth-order valence-corrected chi connectivity index (χ4v) is 2.42. The van der Waals surface area contributed by atoms with Crippen molar-refractivity contribution in [1.29, 1.82) is 0 Å². The fraction of sp³-hybridized carbons (Fsp3) is 0.778. The van der Waals surface area contributed by atoms with Gasteiger partial charge in [0.1, 0.15) is 5.78 Å². The second-order valence-corrected chi connectivity index (χ2v) is 6.40. The van der Waals surface area contributed by atoms with Crippen LogP contribution in [0.25, 0.3) is 0 Å². The molecule has 3 N–H and O–H groups in total. The van der Waals surface area contributed by atoms with Gasteiger partial charge in [-0.1, -0.05) is 0 Å². The van der Waals surface area contributed by atoms with Gasteiger partial charge in [0.2, 0.25) is 17.7 Å². The molecule has 0 aromatic rings. The molecule has 3 amide bonds. The molecule has 0 bridgehead atoms. The van der Waals surface area contributed by atoms with Crippen LogP contribution in [-0.4, -0.2) is 93.7 Å². The summed E-state index contributed by atoms with van der Waals surface area (Å²) in [5.41, 5.74) is 0. The summed E-state index contributed by atoms with van der Waals surface area (Å²) in [7, 11) is 4.79. The van der Waals surface area contributed by atoms with Gasteiger partial charge in [-0.3, -0.25) is 19.2 Å². The Kier molecular flexibility index (Phi) is 14.0. The number of Topliss-reactive ketones (excluding diaryl/α,β-unsaturated/α-hetero) is 1. The Hall–Kier alpha value is -2.00. The number of hydrogen-bond acceptors (Lipinski definition) is 6. The molecule has 0 fully saturated rings. The van der Waals surface area contributed by atoms with Crippen molar-refractivity contribution >= 4 is 23.5 Å². The van der Waals surface area contributed by atoms with Crippen LogP contribution in [0.5, 0.6) is 0 Å². The van der Waals surface area contributed by atoms with Crippen LogP contribution < -0.4 is 16.0 Å². The van der Waals surface area contributed by atoms with Crippen molar-refractivity contribution in [3.05, 3.63) is 0 Å². The molecular formula is C18H35N5O4. The van der Waals surface area contributed by atoms with Crippen LogP contribution in [-0.2, 0) is 19.2 Å². The van der Waals surface area contributed by atoms with Crippen LogP contribution in [0.2, 0.25) is 0 Å². The highest BCUT2D eigenvalue weighted by Gasteiger charge is 2.14. The highest BCUT2D eigenvalue weighted by atomic mass is 16.2. The quantitative estimate of drug-likeness (QED) is 0.333. The van der Waals surface area contributed by atoms with Gasteiger partial charge in [-0.25, -0.2) is 0 Å². The molecule has 9 nitrogen and oxygen atoms in total. The lowest BCUT2D eigenvalue weighted by molar-refractivity contribution is -0.122. The van der Waals surface area contributed by atoms with E-state index in [0.29, 0.717) is 65.0 Å². The predicted molar refractivity (Wildman–Crippen MR) is 104 cm³/mol. The van der Waals surface area contributed by atoms with E-state index in [1.807, 2.05) is 0 Å². The van der Waals surface area contributed by atoms with E-state index < -0.39 is 0 Å². The van der Waals surface area contributed by atoms with Gasteiger partial charge in [0, 0.05) is 86.1 Å². The normalized spacial score (nSPS) is 10.7. The van der Waals surface area contributed by atoms with Crippen molar-refractivity contribution in [2.24, 2.45) is 0 Å². The molecule has 0 aliphatic heterocycles. The molecule has 0 unspecified atom stereocenters. The highest BCUT2D eigenvalue weighted by molar-refractivity contribution is 5.77. The maximum Gasteiger partial charge on any atom is 0.221 e. The molecular weight excluding hydrogens is 350 g/mol. The average molecular weight is 386 g/mol. The molecule has 0 aromatic heterocycles. The number of carbonyl (C=O) groups is 4. The van der Waals surface area contributed by atoms with E-state index in [0.717, 1.165) is 0 Å². The topological polar surface area (TPSA) is 111 Å². The number of nitrogens with one attached hydrogen (secondary N) is 3. The third kappa shape index (κ3) is 13.8. The Morgan fingerprint density at radius 2 is 0.852 bits per heavy atom. The minimum absolute atomic E-state index is 0.0427. The Morgan fingerprint density at radius 3 is 1.11 bits per heavy atom. The molecule has 0 saturated carbocycles. The first-order valence-electron chi connectivity index (χ1n) is 9.38. The summed E-state index contributed by atoms with van der Waals surface area (Å²) >= 11 is 0. The highest BCUT2D eigenvalue weighted by Crippen LogP contribution is 2.00. The van der Waals surface area contributed by atoms with Crippen molar-refractivity contribution in [2.45, 2.75) is 32.6 Å². The summed E-state index contributed by atoms with van der Waals surface area (Å²) in [6.07, 6.45) is 1.51. The second-order valence-electron chi connectivity index (χ2n) is 6.40. The Bertz CT molecular complexity index is 464. The van der Waals surface area contributed by atoms with Crippen LogP contribution in [0.1, 0.15) is 32.6 Å². The molecule has 0 spiro atoms. The number of amides is 3. The van der Waals surface area contributed by atoms with Gasteiger partial charge in [-0.05, 0) is 6.92 Å². The standard InChI is InChI=1S/C18H35N5O4/c1-15(24)5-9-22(10-6-16(25)19-2)13-14-23(11-7-17(26)20-3)12-8-18(27)21-4/h5-14H2,1-4H3,(H,19,25)(H,20,26)(H,21,27). The molecule has 0 radical (unpaired) electrons. The van der Waals surface area contributed by atoms with E-state index in [4.69, 9.17) is 0 Å². The van der Waals surface area contributed by atoms with Gasteiger partial charge >= 0.3 is 0 Å². The fourth-order valence-electron chi connectivity index (χ4n) is 2.42. The van der Waals surface area contributed by atoms with E-state index in [2.05, 4.69) is 25.8 Å². The molecule has 0 atom stereocenters. The summed E-state index contributed by atoms with van der Waals surface area (Å²) in [4.78, 5) is 50.0. The lowest BCUT2D eigenvalue weighted by Crippen LogP contribution is -2.40. The van der Waals surface area contributed by atoms with E-state index in [1.165, 1.54) is 0 Å². The summed E-state index contributed by atoms with van der Waals surface area (Å²) in [6, 6.07) is 0. The maximum absolute atomic E-state index is 11.5. The van der Waals surface area contributed by atoms with Crippen LogP contribution in [0.15, 0.2) is 0 Å². The minimum Gasteiger partial charge on any atom is -0.359 e. The van der Waals surface area contributed by atoms with E-state index in [1.54, 1.807) is 28.1 Å². The molecule has 156 valence electrons. The maximum atomic E-state index is 11.5. The molecule has 0 aliphatic rings. The molecule has 9 heteroatoms. The van der Waals surface area contributed by atoms with Crippen molar-refractivity contribution in [3.63, 3.8) is 0 Å². The first-order chi connectivity index (χ1) is 12.8. The van der Waals surface area contributed by atoms with Crippen molar-refractivity contribution in [3.8, 4) is 0 Å². The van der Waals surface area contributed by atoms with E-state index >= 15 is 0 Å². The largest absolute Gasteiger partial charge is 0.359 e. The first-order valence-corrected chi connectivity index (χ1v) is 9.38. The van der Waals surface area contributed by atoms with Crippen LogP contribution >= 0.6 is 0 Å². The average Bonchev–Trinajstić information content (AvgIpc) is 2.67. The number of ketones is 1. The SMILES string of the molecule is CNC(=O)CCN(CCC(C)=O)CCN(CCC(=O)NC)CCC(=O)NC. The van der Waals surface area contributed by atoms with Crippen molar-refractivity contribution in [1.82, 2.24) is 25.8 Å². The van der Waals surface area contributed by atoms with Gasteiger partial charge in [0.15, 0.2) is 0 Å². The summed E-state index contributed by atoms with van der Waals surface area (Å²) in [5, 5.41) is 7.79. The van der Waals surface area contributed by atoms with Gasteiger partial charge in [-0.15, -0.1) is 0 Å². The summed E-state index contributed by atoms with van der Waals surface area (Å²) in [6.45, 7) is 5.11. The summed E-state index contributed by atoms with van der Waals surface area (Å²) < 4.78 is 0. The Labute approximate surface area is 162 Å². The number of nitrogens with zero attached hydrogens (tertiary/aromatic N) is 2. The molecule has 0 saturated heterocycles. The van der Waals surface area contributed by atoms with Crippen molar-refractivity contribution < 1.29 is 19.2 Å². The first kappa shape index (κ1) is 25.0. The van der Waals surface area contributed by atoms with Crippen LogP contribution in [0, 0.1) is 0 Å². The van der Waals surface area contributed by atoms with Crippen molar-refractivity contribution in [2.75, 3.05) is 60.4 Å². The van der Waals surface area contributed by atoms with Gasteiger partial charge < -0.3 is 25.8 Å². The van der Waals surface area contributed by atoms with E-state index in [-0.39, 0.29) is 23.5 Å². The third-order valence-electron chi connectivity index (χ3n) is 4.31. The molecule has 0 aromatic carbocycles. The Balaban J connectivity index is 4.69. The Morgan fingerprint density at radius 1 is 0.556 bits per heavy atom. The molecule has 0 rings (SSSR count). The van der Waals surface area contributed by atoms with Gasteiger partial charge in [0.05, 0.1) is 0 Å². The molecule has 0 heterocycles. The third-order valence-corrected chi connectivity index (χ3v) is 4.31. The zero-order chi connectivity index (χ0) is 20.7. The lowest BCUT2D eigenvalue weighted by Gasteiger charge is -2.27. The summed E-state index contributed by atoms with van der Waals surface area (Å²) in [5.74, 6) is -0.0315. The molecule has 27 heavy (non-hydrogen) atoms. The van der Waals surface area contributed by atoms with Gasteiger partial charge in [0.25, 0.3) is 0 Å². The smallest absolute Gasteiger partial charge is 0.221 e. The monoisotopic (exact) mass is 385 g/mol. The zero-order valence-electron chi connectivity index (χ0n) is 17.1. The zero-order valence-corrected chi connectivity index (χ0v) is 17.1. The minimum atomic E-state index is -0.0482. The predicted octanol–water partition coefficient (Wildman–Crippen LogP) is -1.02. The molecule has 0 aliphatic carbocycles. The second kappa shape index (κ2) is 15.1. The van der Waals surface area contributed by atoms with Gasteiger partial charge in [-0.2, -0.15) is 0 Å². The number of hydrogen-bond donors (Lipinski definition) is 3. The van der Waals surface area contributed by atoms with Crippen LogP contribution in [0.3, 0.4) is 0 Å².